The minimum absolute atomic E-state index is 0.0486. The molecule has 0 saturated heterocycles. The van der Waals surface area contributed by atoms with Gasteiger partial charge in [-0.2, -0.15) is 0 Å². The summed E-state index contributed by atoms with van der Waals surface area (Å²) >= 11 is 1.43. The molecular weight excluding hydrogens is 146 g/mol. The molecule has 0 spiro atoms. The Bertz CT molecular complexity index is 279. The Morgan fingerprint density at radius 1 is 1.50 bits per heavy atom. The molecule has 0 saturated carbocycles. The predicted molar refractivity (Wildman–Crippen MR) is 44.4 cm³/mol. The van der Waals surface area contributed by atoms with Crippen molar-refractivity contribution in [2.75, 3.05) is 6.26 Å². The van der Waals surface area contributed by atoms with Crippen molar-refractivity contribution in [3.8, 4) is 0 Å². The second-order valence-electron chi connectivity index (χ2n) is 1.98. The molecule has 0 fully saturated rings. The van der Waals surface area contributed by atoms with Gasteiger partial charge in [-0.1, -0.05) is 6.07 Å². The maximum atomic E-state index is 11.0. The van der Waals surface area contributed by atoms with Crippen molar-refractivity contribution >= 4 is 11.9 Å². The van der Waals surface area contributed by atoms with Crippen LogP contribution in [0.5, 0.6) is 0 Å². The molecule has 0 aliphatic heterocycles. The van der Waals surface area contributed by atoms with Gasteiger partial charge in [0.05, 0.1) is 0 Å². The summed E-state index contributed by atoms with van der Waals surface area (Å²) in [6.07, 6.45) is 1.88. The lowest BCUT2D eigenvalue weighted by molar-refractivity contribution is 1.07. The molecule has 0 radical (unpaired) electrons. The van der Waals surface area contributed by atoms with E-state index in [9.17, 15) is 4.79 Å². The molecule has 1 aromatic rings. The highest BCUT2D eigenvalue weighted by molar-refractivity contribution is 7.97. The minimum atomic E-state index is 0.0486. The normalized spacial score (nSPS) is 9.80. The Balaban J connectivity index is 3.31. The molecule has 0 bridgehead atoms. The van der Waals surface area contributed by atoms with Gasteiger partial charge < -0.3 is 0 Å². The summed E-state index contributed by atoms with van der Waals surface area (Å²) in [5, 5.41) is 0. The standard InChI is InChI=1S/C7H9NOS/c1-6-4-3-5-7(9)8(6)10-2/h3-5H,1-2H3. The highest BCUT2D eigenvalue weighted by Crippen LogP contribution is 2.00. The van der Waals surface area contributed by atoms with E-state index < -0.39 is 0 Å². The summed E-state index contributed by atoms with van der Waals surface area (Å²) in [6, 6.07) is 5.24. The van der Waals surface area contributed by atoms with Crippen molar-refractivity contribution in [2.45, 2.75) is 6.92 Å². The zero-order valence-corrected chi connectivity index (χ0v) is 6.81. The summed E-state index contributed by atoms with van der Waals surface area (Å²) < 4.78 is 1.65. The molecule has 54 valence electrons. The SMILES string of the molecule is CSn1c(C)cccc1=O. The number of hydrogen-bond donors (Lipinski definition) is 0. The van der Waals surface area contributed by atoms with Crippen LogP contribution in [0.25, 0.3) is 0 Å². The first-order chi connectivity index (χ1) is 4.75. The van der Waals surface area contributed by atoms with Crippen LogP contribution in [0.2, 0.25) is 0 Å². The fourth-order valence-corrected chi connectivity index (χ4v) is 1.40. The van der Waals surface area contributed by atoms with Crippen LogP contribution < -0.4 is 5.56 Å². The van der Waals surface area contributed by atoms with Crippen molar-refractivity contribution < 1.29 is 0 Å². The van der Waals surface area contributed by atoms with Crippen LogP contribution in [0.3, 0.4) is 0 Å². The molecule has 0 N–H and O–H groups in total. The van der Waals surface area contributed by atoms with Crippen molar-refractivity contribution in [3.05, 3.63) is 34.2 Å². The minimum Gasteiger partial charge on any atom is -0.268 e. The monoisotopic (exact) mass is 155 g/mol. The van der Waals surface area contributed by atoms with Gasteiger partial charge in [0.15, 0.2) is 0 Å². The topological polar surface area (TPSA) is 22.0 Å². The van der Waals surface area contributed by atoms with Gasteiger partial charge in [0.1, 0.15) is 0 Å². The fraction of sp³-hybridized carbons (Fsp3) is 0.286. The van der Waals surface area contributed by atoms with Gasteiger partial charge in [0.2, 0.25) is 0 Å². The third kappa shape index (κ3) is 1.24. The van der Waals surface area contributed by atoms with Crippen molar-refractivity contribution in [1.82, 2.24) is 3.97 Å². The third-order valence-electron chi connectivity index (χ3n) is 1.28. The predicted octanol–water partition coefficient (Wildman–Crippen LogP) is 1.28. The molecule has 1 heterocycles. The first-order valence-electron chi connectivity index (χ1n) is 2.99. The summed E-state index contributed by atoms with van der Waals surface area (Å²) in [5.74, 6) is 0. The molecule has 0 atom stereocenters. The summed E-state index contributed by atoms with van der Waals surface area (Å²) in [7, 11) is 0. The van der Waals surface area contributed by atoms with Gasteiger partial charge in [-0.15, -0.1) is 0 Å². The van der Waals surface area contributed by atoms with Crippen LogP contribution in [0, 0.1) is 6.92 Å². The van der Waals surface area contributed by atoms with Crippen molar-refractivity contribution in [1.29, 1.82) is 0 Å². The van der Waals surface area contributed by atoms with E-state index in [4.69, 9.17) is 0 Å². The average Bonchev–Trinajstić information content (AvgIpc) is 1.88. The van der Waals surface area contributed by atoms with Crippen LogP contribution in [-0.2, 0) is 0 Å². The van der Waals surface area contributed by atoms with E-state index in [2.05, 4.69) is 0 Å². The Kier molecular flexibility index (Phi) is 2.17. The van der Waals surface area contributed by atoms with Crippen molar-refractivity contribution in [2.24, 2.45) is 0 Å². The number of pyridine rings is 1. The molecule has 3 heteroatoms. The molecule has 0 aliphatic carbocycles. The summed E-state index contributed by atoms with van der Waals surface area (Å²) in [5.41, 5.74) is 1.03. The quantitative estimate of drug-likeness (QED) is 0.609. The van der Waals surface area contributed by atoms with Gasteiger partial charge >= 0.3 is 0 Å². The van der Waals surface area contributed by atoms with E-state index in [-0.39, 0.29) is 5.56 Å². The molecule has 10 heavy (non-hydrogen) atoms. The molecule has 2 nitrogen and oxygen atoms in total. The first-order valence-corrected chi connectivity index (χ1v) is 4.17. The fourth-order valence-electron chi connectivity index (χ4n) is 0.813. The zero-order valence-electron chi connectivity index (χ0n) is 6.00. The second-order valence-corrected chi connectivity index (χ2v) is 2.71. The third-order valence-corrected chi connectivity index (χ3v) is 2.11. The van der Waals surface area contributed by atoms with E-state index in [1.54, 1.807) is 16.1 Å². The van der Waals surface area contributed by atoms with E-state index in [1.165, 1.54) is 11.9 Å². The Morgan fingerprint density at radius 3 is 2.60 bits per heavy atom. The second kappa shape index (κ2) is 2.92. The highest BCUT2D eigenvalue weighted by atomic mass is 32.2. The van der Waals surface area contributed by atoms with E-state index in [0.717, 1.165) is 5.69 Å². The largest absolute Gasteiger partial charge is 0.268 e. The van der Waals surface area contributed by atoms with Gasteiger partial charge in [0.25, 0.3) is 5.56 Å². The van der Waals surface area contributed by atoms with Gasteiger partial charge in [0, 0.05) is 18.0 Å². The molecule has 0 aliphatic rings. The molecule has 0 aromatic carbocycles. The lowest BCUT2D eigenvalue weighted by atomic mass is 10.4. The molecule has 1 rings (SSSR count). The maximum Gasteiger partial charge on any atom is 0.260 e. The maximum absolute atomic E-state index is 11.0. The highest BCUT2D eigenvalue weighted by Gasteiger charge is 1.93. The van der Waals surface area contributed by atoms with Crippen molar-refractivity contribution in [3.63, 3.8) is 0 Å². The average molecular weight is 155 g/mol. The Morgan fingerprint density at radius 2 is 2.20 bits per heavy atom. The number of rotatable bonds is 1. The summed E-state index contributed by atoms with van der Waals surface area (Å²) in [4.78, 5) is 11.0. The van der Waals surface area contributed by atoms with Crippen LogP contribution >= 0.6 is 11.9 Å². The van der Waals surface area contributed by atoms with Gasteiger partial charge in [-0.3, -0.25) is 8.77 Å². The number of aryl methyl sites for hydroxylation is 1. The molecule has 0 amide bonds. The van der Waals surface area contributed by atoms with Gasteiger partial charge in [-0.25, -0.2) is 0 Å². The molecule has 1 aromatic heterocycles. The molecule has 0 unspecified atom stereocenters. The number of nitrogens with zero attached hydrogens (tertiary/aromatic N) is 1. The Hall–Kier alpha value is -0.700. The van der Waals surface area contributed by atoms with Crippen LogP contribution in [-0.4, -0.2) is 10.2 Å². The lowest BCUT2D eigenvalue weighted by Gasteiger charge is -2.02. The van der Waals surface area contributed by atoms with Crippen LogP contribution in [0.4, 0.5) is 0 Å². The van der Waals surface area contributed by atoms with E-state index >= 15 is 0 Å². The van der Waals surface area contributed by atoms with Crippen LogP contribution in [0.15, 0.2) is 23.0 Å². The van der Waals surface area contributed by atoms with Gasteiger partial charge in [-0.05, 0) is 24.9 Å². The summed E-state index contributed by atoms with van der Waals surface area (Å²) in [6.45, 7) is 1.91. The number of aromatic nitrogens is 1. The lowest BCUT2D eigenvalue weighted by Crippen LogP contribution is -2.14. The zero-order chi connectivity index (χ0) is 7.56. The van der Waals surface area contributed by atoms with E-state index in [0.29, 0.717) is 0 Å². The molecular formula is C7H9NOS. The van der Waals surface area contributed by atoms with Crippen LogP contribution in [0.1, 0.15) is 5.69 Å². The first kappa shape index (κ1) is 7.41. The Labute approximate surface area is 64.0 Å². The van der Waals surface area contributed by atoms with E-state index in [1.807, 2.05) is 19.2 Å². The smallest absolute Gasteiger partial charge is 0.260 e. The number of hydrogen-bond acceptors (Lipinski definition) is 2.